The molecular formula is C15H19NO2. The van der Waals surface area contributed by atoms with E-state index in [0.29, 0.717) is 6.54 Å². The van der Waals surface area contributed by atoms with Crippen LogP contribution in [0.3, 0.4) is 0 Å². The number of carboxylic acid groups (broad SMARTS) is 1. The SMILES string of the molecule is CC(C)(C)N(CC#Cc1ccccc1)CC(=O)O. The van der Waals surface area contributed by atoms with E-state index >= 15 is 0 Å². The van der Waals surface area contributed by atoms with Crippen LogP contribution in [0.2, 0.25) is 0 Å². The van der Waals surface area contributed by atoms with Crippen molar-refractivity contribution < 1.29 is 9.90 Å². The number of benzene rings is 1. The number of hydrogen-bond acceptors (Lipinski definition) is 2. The first-order chi connectivity index (χ1) is 8.39. The molecule has 18 heavy (non-hydrogen) atoms. The minimum Gasteiger partial charge on any atom is -0.480 e. The molecular weight excluding hydrogens is 226 g/mol. The highest BCUT2D eigenvalue weighted by molar-refractivity contribution is 5.69. The first kappa shape index (κ1) is 14.3. The summed E-state index contributed by atoms with van der Waals surface area (Å²) in [7, 11) is 0. The first-order valence-corrected chi connectivity index (χ1v) is 5.90. The molecule has 3 nitrogen and oxygen atoms in total. The molecule has 0 bridgehead atoms. The Bertz CT molecular complexity index is 449. The maximum Gasteiger partial charge on any atom is 0.317 e. The lowest BCUT2D eigenvalue weighted by atomic mass is 10.1. The van der Waals surface area contributed by atoms with Crippen LogP contribution in [0.5, 0.6) is 0 Å². The molecule has 96 valence electrons. The highest BCUT2D eigenvalue weighted by Crippen LogP contribution is 2.11. The van der Waals surface area contributed by atoms with Crippen molar-refractivity contribution in [2.24, 2.45) is 0 Å². The highest BCUT2D eigenvalue weighted by atomic mass is 16.4. The molecule has 1 aromatic rings. The summed E-state index contributed by atoms with van der Waals surface area (Å²) >= 11 is 0. The molecule has 0 aliphatic carbocycles. The molecule has 0 aromatic heterocycles. The Morgan fingerprint density at radius 2 is 1.89 bits per heavy atom. The monoisotopic (exact) mass is 245 g/mol. The molecule has 0 atom stereocenters. The third-order valence-corrected chi connectivity index (χ3v) is 2.55. The molecule has 0 aliphatic heterocycles. The second kappa shape index (κ2) is 6.23. The molecule has 0 aliphatic rings. The van der Waals surface area contributed by atoms with Crippen molar-refractivity contribution in [1.82, 2.24) is 4.90 Å². The second-order valence-corrected chi connectivity index (χ2v) is 5.09. The normalized spacial score (nSPS) is 10.9. The summed E-state index contributed by atoms with van der Waals surface area (Å²) in [5.74, 6) is 5.23. The third kappa shape index (κ3) is 5.03. The van der Waals surface area contributed by atoms with Gasteiger partial charge in [-0.1, -0.05) is 30.0 Å². The van der Waals surface area contributed by atoms with E-state index in [2.05, 4.69) is 11.8 Å². The topological polar surface area (TPSA) is 40.5 Å². The van der Waals surface area contributed by atoms with Gasteiger partial charge < -0.3 is 5.11 Å². The van der Waals surface area contributed by atoms with Crippen LogP contribution < -0.4 is 0 Å². The summed E-state index contributed by atoms with van der Waals surface area (Å²) in [6, 6.07) is 9.68. The molecule has 0 heterocycles. The number of carboxylic acids is 1. The van der Waals surface area contributed by atoms with Crippen LogP contribution in [0, 0.1) is 11.8 Å². The van der Waals surface area contributed by atoms with Crippen molar-refractivity contribution in [3.63, 3.8) is 0 Å². The molecule has 0 radical (unpaired) electrons. The van der Waals surface area contributed by atoms with E-state index in [4.69, 9.17) is 5.11 Å². The number of rotatable bonds is 3. The Kier molecular flexibility index (Phi) is 4.94. The Morgan fingerprint density at radius 1 is 1.28 bits per heavy atom. The quantitative estimate of drug-likeness (QED) is 0.830. The Balaban J connectivity index is 2.69. The number of carbonyl (C=O) groups is 1. The Morgan fingerprint density at radius 3 is 2.39 bits per heavy atom. The largest absolute Gasteiger partial charge is 0.480 e. The summed E-state index contributed by atoms with van der Waals surface area (Å²) in [5.41, 5.74) is 0.741. The maximum absolute atomic E-state index is 10.8. The summed E-state index contributed by atoms with van der Waals surface area (Å²) in [4.78, 5) is 12.6. The summed E-state index contributed by atoms with van der Waals surface area (Å²) in [6.07, 6.45) is 0. The van der Waals surface area contributed by atoms with Crippen LogP contribution in [-0.4, -0.2) is 34.6 Å². The van der Waals surface area contributed by atoms with Gasteiger partial charge in [-0.05, 0) is 32.9 Å². The number of hydrogen-bond donors (Lipinski definition) is 1. The minimum atomic E-state index is -0.827. The smallest absolute Gasteiger partial charge is 0.317 e. The fraction of sp³-hybridized carbons (Fsp3) is 0.400. The zero-order chi connectivity index (χ0) is 13.6. The molecule has 0 amide bonds. The van der Waals surface area contributed by atoms with Gasteiger partial charge in [-0.15, -0.1) is 0 Å². The zero-order valence-corrected chi connectivity index (χ0v) is 11.1. The zero-order valence-electron chi connectivity index (χ0n) is 11.1. The predicted octanol–water partition coefficient (Wildman–Crippen LogP) is 2.22. The molecule has 1 aromatic carbocycles. The van der Waals surface area contributed by atoms with E-state index in [0.717, 1.165) is 5.56 Å². The fourth-order valence-corrected chi connectivity index (χ4v) is 1.45. The molecule has 0 saturated carbocycles. The van der Waals surface area contributed by atoms with E-state index in [1.165, 1.54) is 0 Å². The van der Waals surface area contributed by atoms with Gasteiger partial charge >= 0.3 is 5.97 Å². The van der Waals surface area contributed by atoms with Gasteiger partial charge in [0.15, 0.2) is 0 Å². The van der Waals surface area contributed by atoms with Crippen LogP contribution in [-0.2, 0) is 4.79 Å². The van der Waals surface area contributed by atoms with Crippen LogP contribution in [0.4, 0.5) is 0 Å². The summed E-state index contributed by atoms with van der Waals surface area (Å²) in [5, 5.41) is 8.87. The number of nitrogens with zero attached hydrogens (tertiary/aromatic N) is 1. The lowest BCUT2D eigenvalue weighted by Gasteiger charge is -2.32. The molecule has 0 unspecified atom stereocenters. The van der Waals surface area contributed by atoms with Crippen LogP contribution in [0.25, 0.3) is 0 Å². The Hall–Kier alpha value is -1.79. The van der Waals surface area contributed by atoms with Crippen LogP contribution in [0.1, 0.15) is 26.3 Å². The average Bonchev–Trinajstić information content (AvgIpc) is 2.27. The van der Waals surface area contributed by atoms with Crippen molar-refractivity contribution in [2.45, 2.75) is 26.3 Å². The van der Waals surface area contributed by atoms with E-state index < -0.39 is 5.97 Å². The van der Waals surface area contributed by atoms with Crippen molar-refractivity contribution in [2.75, 3.05) is 13.1 Å². The van der Waals surface area contributed by atoms with Gasteiger partial charge in [0.05, 0.1) is 13.1 Å². The van der Waals surface area contributed by atoms with E-state index in [1.807, 2.05) is 56.0 Å². The van der Waals surface area contributed by atoms with Gasteiger partial charge in [0.1, 0.15) is 0 Å². The molecule has 0 fully saturated rings. The van der Waals surface area contributed by atoms with Gasteiger partial charge in [0.2, 0.25) is 0 Å². The molecule has 0 spiro atoms. The third-order valence-electron chi connectivity index (χ3n) is 2.55. The maximum atomic E-state index is 10.8. The second-order valence-electron chi connectivity index (χ2n) is 5.09. The average molecular weight is 245 g/mol. The van der Waals surface area contributed by atoms with Gasteiger partial charge in [-0.25, -0.2) is 0 Å². The predicted molar refractivity (Wildman–Crippen MR) is 72.3 cm³/mol. The lowest BCUT2D eigenvalue weighted by Crippen LogP contribution is -2.44. The van der Waals surface area contributed by atoms with Crippen LogP contribution >= 0.6 is 0 Å². The standard InChI is InChI=1S/C15H19NO2/c1-15(2,3)16(12-14(17)18)11-7-10-13-8-5-4-6-9-13/h4-6,8-9H,11-12H2,1-3H3,(H,17,18). The van der Waals surface area contributed by atoms with Crippen LogP contribution in [0.15, 0.2) is 30.3 Å². The van der Waals surface area contributed by atoms with Crippen molar-refractivity contribution in [3.8, 4) is 11.8 Å². The van der Waals surface area contributed by atoms with Gasteiger partial charge in [0, 0.05) is 11.1 Å². The lowest BCUT2D eigenvalue weighted by molar-refractivity contribution is -0.139. The summed E-state index contributed by atoms with van der Waals surface area (Å²) in [6.45, 7) is 6.41. The first-order valence-electron chi connectivity index (χ1n) is 5.90. The molecule has 1 N–H and O–H groups in total. The molecule has 3 heteroatoms. The molecule has 0 saturated heterocycles. The van der Waals surface area contributed by atoms with Crippen molar-refractivity contribution in [1.29, 1.82) is 0 Å². The van der Waals surface area contributed by atoms with E-state index in [9.17, 15) is 4.79 Å². The number of aliphatic carboxylic acids is 1. The molecule has 1 rings (SSSR count). The van der Waals surface area contributed by atoms with Crippen molar-refractivity contribution in [3.05, 3.63) is 35.9 Å². The van der Waals surface area contributed by atoms with Gasteiger partial charge in [-0.2, -0.15) is 0 Å². The van der Waals surface area contributed by atoms with Gasteiger partial charge in [-0.3, -0.25) is 9.69 Å². The Labute approximate surface area is 108 Å². The fourth-order valence-electron chi connectivity index (χ4n) is 1.45. The summed E-state index contributed by atoms with van der Waals surface area (Å²) < 4.78 is 0. The van der Waals surface area contributed by atoms with Crippen molar-refractivity contribution >= 4 is 5.97 Å². The highest BCUT2D eigenvalue weighted by Gasteiger charge is 2.22. The van der Waals surface area contributed by atoms with E-state index in [1.54, 1.807) is 0 Å². The van der Waals surface area contributed by atoms with E-state index in [-0.39, 0.29) is 12.1 Å². The van der Waals surface area contributed by atoms with Gasteiger partial charge in [0.25, 0.3) is 0 Å². The minimum absolute atomic E-state index is 0.00691.